The van der Waals surface area contributed by atoms with E-state index in [9.17, 15) is 8.42 Å². The minimum absolute atomic E-state index is 0.112. The third-order valence-corrected chi connectivity index (χ3v) is 4.36. The van der Waals surface area contributed by atoms with Gasteiger partial charge in [-0.15, -0.1) is 0 Å². The van der Waals surface area contributed by atoms with E-state index in [4.69, 9.17) is 11.6 Å². The predicted molar refractivity (Wildman–Crippen MR) is 66.6 cm³/mol. The van der Waals surface area contributed by atoms with Crippen LogP contribution < -0.4 is 4.72 Å². The summed E-state index contributed by atoms with van der Waals surface area (Å²) in [6.45, 7) is 3.84. The number of halogens is 1. The quantitative estimate of drug-likeness (QED) is 0.814. The standard InChI is InChI=1S/C9H17ClN4O2S/c1-4-13(2)6-5-12-17(15,16)9-8(10)14(3)7-11-9/h7,12H,4-6H2,1-3H3. The van der Waals surface area contributed by atoms with Gasteiger partial charge in [0.1, 0.15) is 5.15 Å². The topological polar surface area (TPSA) is 67.2 Å². The van der Waals surface area contributed by atoms with Gasteiger partial charge in [-0.05, 0) is 13.6 Å². The predicted octanol–water partition coefficient (Wildman–Crippen LogP) is 0.303. The highest BCUT2D eigenvalue weighted by Gasteiger charge is 2.21. The number of hydrogen-bond acceptors (Lipinski definition) is 4. The first-order valence-corrected chi connectivity index (χ1v) is 7.09. The molecule has 0 saturated carbocycles. The van der Waals surface area contributed by atoms with Crippen molar-refractivity contribution in [2.45, 2.75) is 11.9 Å². The molecule has 1 aromatic heterocycles. The van der Waals surface area contributed by atoms with Gasteiger partial charge in [0, 0.05) is 20.1 Å². The number of nitrogens with one attached hydrogen (secondary N) is 1. The van der Waals surface area contributed by atoms with Crippen LogP contribution in [-0.4, -0.2) is 49.6 Å². The van der Waals surface area contributed by atoms with E-state index in [-0.39, 0.29) is 10.2 Å². The van der Waals surface area contributed by atoms with Crippen molar-refractivity contribution in [2.24, 2.45) is 7.05 Å². The minimum atomic E-state index is -3.61. The summed E-state index contributed by atoms with van der Waals surface area (Å²) in [5.74, 6) is 0. The van der Waals surface area contributed by atoms with Crippen molar-refractivity contribution in [1.82, 2.24) is 19.2 Å². The van der Waals surface area contributed by atoms with Gasteiger partial charge in [-0.1, -0.05) is 18.5 Å². The van der Waals surface area contributed by atoms with Crippen molar-refractivity contribution in [3.63, 3.8) is 0 Å². The monoisotopic (exact) mass is 280 g/mol. The number of aromatic nitrogens is 2. The third kappa shape index (κ3) is 3.67. The van der Waals surface area contributed by atoms with E-state index in [1.807, 2.05) is 18.9 Å². The molecule has 0 amide bonds. The van der Waals surface area contributed by atoms with Crippen molar-refractivity contribution in [3.8, 4) is 0 Å². The molecule has 0 fully saturated rings. The van der Waals surface area contributed by atoms with E-state index in [1.165, 1.54) is 10.9 Å². The summed E-state index contributed by atoms with van der Waals surface area (Å²) in [5, 5.41) is -0.0119. The summed E-state index contributed by atoms with van der Waals surface area (Å²) in [6, 6.07) is 0. The van der Waals surface area contributed by atoms with E-state index in [0.29, 0.717) is 13.1 Å². The van der Waals surface area contributed by atoms with Crippen LogP contribution in [0, 0.1) is 0 Å². The van der Waals surface area contributed by atoms with Crippen LogP contribution in [0.2, 0.25) is 5.15 Å². The third-order valence-electron chi connectivity index (χ3n) is 2.41. The summed E-state index contributed by atoms with van der Waals surface area (Å²) in [6.07, 6.45) is 1.37. The first-order chi connectivity index (χ1) is 7.88. The number of sulfonamides is 1. The number of nitrogens with zero attached hydrogens (tertiary/aromatic N) is 3. The molecule has 0 aliphatic carbocycles. The molecule has 0 bridgehead atoms. The largest absolute Gasteiger partial charge is 0.324 e. The van der Waals surface area contributed by atoms with Crippen molar-refractivity contribution in [1.29, 1.82) is 0 Å². The first kappa shape index (κ1) is 14.4. The molecule has 17 heavy (non-hydrogen) atoms. The van der Waals surface area contributed by atoms with E-state index in [1.54, 1.807) is 7.05 Å². The summed E-state index contributed by atoms with van der Waals surface area (Å²) in [7, 11) is -0.0578. The Labute approximate surface area is 107 Å². The van der Waals surface area contributed by atoms with Crippen molar-refractivity contribution in [3.05, 3.63) is 11.5 Å². The molecule has 0 aromatic carbocycles. The van der Waals surface area contributed by atoms with Crippen LogP contribution in [0.4, 0.5) is 0 Å². The van der Waals surface area contributed by atoms with Gasteiger partial charge in [0.05, 0.1) is 6.33 Å². The van der Waals surface area contributed by atoms with E-state index in [0.717, 1.165) is 6.54 Å². The second-order valence-corrected chi connectivity index (χ2v) is 5.79. The molecule has 1 heterocycles. The summed E-state index contributed by atoms with van der Waals surface area (Å²) >= 11 is 5.83. The van der Waals surface area contributed by atoms with Gasteiger partial charge in [-0.25, -0.2) is 18.1 Å². The lowest BCUT2D eigenvalue weighted by molar-refractivity contribution is 0.358. The smallest absolute Gasteiger partial charge is 0.261 e. The Hall–Kier alpha value is -0.630. The number of hydrogen-bond donors (Lipinski definition) is 1. The molecule has 1 rings (SSSR count). The Bertz CT molecular complexity index is 471. The van der Waals surface area contributed by atoms with Crippen LogP contribution in [-0.2, 0) is 17.1 Å². The molecule has 0 spiro atoms. The summed E-state index contributed by atoms with van der Waals surface area (Å²) in [4.78, 5) is 5.77. The fourth-order valence-corrected chi connectivity index (χ4v) is 2.62. The highest BCUT2D eigenvalue weighted by Crippen LogP contribution is 2.17. The highest BCUT2D eigenvalue weighted by atomic mass is 35.5. The van der Waals surface area contributed by atoms with Crippen molar-refractivity contribution < 1.29 is 8.42 Å². The second-order valence-electron chi connectivity index (χ2n) is 3.75. The van der Waals surface area contributed by atoms with Gasteiger partial charge in [0.25, 0.3) is 10.0 Å². The molecule has 0 radical (unpaired) electrons. The average molecular weight is 281 g/mol. The van der Waals surface area contributed by atoms with E-state index >= 15 is 0 Å². The first-order valence-electron chi connectivity index (χ1n) is 5.23. The van der Waals surface area contributed by atoms with Crippen LogP contribution in [0.15, 0.2) is 11.4 Å². The molecular weight excluding hydrogens is 264 g/mol. The van der Waals surface area contributed by atoms with E-state index < -0.39 is 10.0 Å². The van der Waals surface area contributed by atoms with Crippen LogP contribution in [0.5, 0.6) is 0 Å². The number of aryl methyl sites for hydroxylation is 1. The molecule has 1 aromatic rings. The Balaban J connectivity index is 2.67. The number of likely N-dealkylation sites (N-methyl/N-ethyl adjacent to an activating group) is 1. The lowest BCUT2D eigenvalue weighted by atomic mass is 10.5. The molecule has 1 N–H and O–H groups in total. The highest BCUT2D eigenvalue weighted by molar-refractivity contribution is 7.89. The summed E-state index contributed by atoms with van der Waals surface area (Å²) in [5.41, 5.74) is 0. The van der Waals surface area contributed by atoms with Crippen LogP contribution in [0.25, 0.3) is 0 Å². The van der Waals surface area contributed by atoms with Gasteiger partial charge in [-0.2, -0.15) is 0 Å². The molecule has 8 heteroatoms. The normalized spacial score (nSPS) is 12.3. The molecule has 0 unspecified atom stereocenters. The maximum absolute atomic E-state index is 11.8. The fraction of sp³-hybridized carbons (Fsp3) is 0.667. The number of rotatable bonds is 6. The van der Waals surface area contributed by atoms with Gasteiger partial charge < -0.3 is 9.47 Å². The van der Waals surface area contributed by atoms with Gasteiger partial charge >= 0.3 is 0 Å². The molecule has 98 valence electrons. The van der Waals surface area contributed by atoms with Crippen LogP contribution in [0.1, 0.15) is 6.92 Å². The van der Waals surface area contributed by atoms with Crippen molar-refractivity contribution >= 4 is 21.6 Å². The molecule has 0 aliphatic heterocycles. The van der Waals surface area contributed by atoms with Gasteiger partial charge in [0.2, 0.25) is 5.03 Å². The van der Waals surface area contributed by atoms with Crippen LogP contribution >= 0.6 is 11.6 Å². The lowest BCUT2D eigenvalue weighted by Crippen LogP contribution is -2.33. The molecule has 0 atom stereocenters. The zero-order valence-electron chi connectivity index (χ0n) is 10.1. The van der Waals surface area contributed by atoms with Gasteiger partial charge in [-0.3, -0.25) is 0 Å². The molecular formula is C9H17ClN4O2S. The van der Waals surface area contributed by atoms with Crippen molar-refractivity contribution in [2.75, 3.05) is 26.7 Å². The zero-order chi connectivity index (χ0) is 13.1. The second kappa shape index (κ2) is 5.81. The number of imidazole rings is 1. The fourth-order valence-electron chi connectivity index (χ4n) is 1.17. The van der Waals surface area contributed by atoms with Crippen LogP contribution in [0.3, 0.4) is 0 Å². The Morgan fingerprint density at radius 2 is 2.24 bits per heavy atom. The average Bonchev–Trinajstić information content (AvgIpc) is 2.59. The van der Waals surface area contributed by atoms with Gasteiger partial charge in [0.15, 0.2) is 0 Å². The maximum Gasteiger partial charge on any atom is 0.261 e. The minimum Gasteiger partial charge on any atom is -0.324 e. The van der Waals surface area contributed by atoms with E-state index in [2.05, 4.69) is 9.71 Å². The Morgan fingerprint density at radius 1 is 1.59 bits per heavy atom. The SMILES string of the molecule is CCN(C)CCNS(=O)(=O)c1ncn(C)c1Cl. The Morgan fingerprint density at radius 3 is 2.71 bits per heavy atom. The maximum atomic E-state index is 11.8. The zero-order valence-corrected chi connectivity index (χ0v) is 11.7. The molecule has 6 nitrogen and oxygen atoms in total. The Kier molecular flexibility index (Phi) is 4.93. The molecule has 0 saturated heterocycles. The molecule has 0 aliphatic rings. The summed E-state index contributed by atoms with van der Waals surface area (Å²) < 4.78 is 27.6. The lowest BCUT2D eigenvalue weighted by Gasteiger charge is -2.13.